The number of fused-ring (bicyclic) bond motifs is 1. The zero-order valence-electron chi connectivity index (χ0n) is 7.96. The molecular weight excluding hydrogens is 441 g/mol. The van der Waals surface area contributed by atoms with Crippen LogP contribution in [0.3, 0.4) is 0 Å². The van der Waals surface area contributed by atoms with E-state index in [4.69, 9.17) is 17.3 Å². The molecule has 16 heavy (non-hydrogen) atoms. The van der Waals surface area contributed by atoms with Gasteiger partial charge in [0.05, 0.1) is 0 Å². The van der Waals surface area contributed by atoms with Crippen molar-refractivity contribution >= 4 is 62.7 Å². The zero-order chi connectivity index (χ0) is 11.6. The van der Waals surface area contributed by atoms with E-state index < -0.39 is 35.8 Å². The first-order valence-corrected chi connectivity index (χ1v) is 8.87. The van der Waals surface area contributed by atoms with Gasteiger partial charge in [0.25, 0.3) is 0 Å². The summed E-state index contributed by atoms with van der Waals surface area (Å²) in [6.07, 6.45) is -0.372. The molecule has 0 aromatic heterocycles. The fourth-order valence-electron chi connectivity index (χ4n) is 1.44. The third-order valence-corrected chi connectivity index (χ3v) is 9.47. The molecule has 0 aromatic rings. The van der Waals surface area contributed by atoms with E-state index in [0.29, 0.717) is 0 Å². The maximum atomic E-state index is 11.9. The Bertz CT molecular complexity index is 385. The molecule has 2 atom stereocenters. The van der Waals surface area contributed by atoms with Crippen LogP contribution in [0.5, 0.6) is 0 Å². The van der Waals surface area contributed by atoms with Gasteiger partial charge < -0.3 is 0 Å². The Morgan fingerprint density at radius 3 is 2.81 bits per heavy atom. The molecule has 3 rings (SSSR count). The van der Waals surface area contributed by atoms with Gasteiger partial charge in [-0.3, -0.25) is 0 Å². The molecule has 3 fully saturated rings. The monoisotopic (exact) mass is 448 g/mol. The summed E-state index contributed by atoms with van der Waals surface area (Å²) in [6.45, 7) is 0.132. The normalized spacial score (nSPS) is 34.7. The molecule has 6 nitrogen and oxygen atoms in total. The predicted molar refractivity (Wildman–Crippen MR) is 71.0 cm³/mol. The predicted octanol–water partition coefficient (Wildman–Crippen LogP) is -0.659. The topological polar surface area (TPSA) is 96.5 Å². The number of halogens is 2. The molecule has 9 heteroatoms. The average molecular weight is 448 g/mol. The van der Waals surface area contributed by atoms with Gasteiger partial charge in [-0.15, -0.1) is 0 Å². The Kier molecular flexibility index (Phi) is 2.47. The van der Waals surface area contributed by atoms with Gasteiger partial charge in [-0.2, -0.15) is 0 Å². The summed E-state index contributed by atoms with van der Waals surface area (Å²) < 4.78 is 14.8. The summed E-state index contributed by atoms with van der Waals surface area (Å²) >= 11 is 0.606. The second-order valence-corrected chi connectivity index (χ2v) is 9.77. The van der Waals surface area contributed by atoms with E-state index in [1.807, 2.05) is 22.6 Å². The van der Waals surface area contributed by atoms with E-state index in [2.05, 4.69) is 7.06 Å². The number of nitrogens with one attached hydrogen (secondary N) is 2. The van der Waals surface area contributed by atoms with Crippen LogP contribution in [-0.4, -0.2) is 39.5 Å². The molecule has 0 saturated carbocycles. The van der Waals surface area contributed by atoms with Gasteiger partial charge in [-0.25, -0.2) is 0 Å². The molecule has 3 aliphatic heterocycles. The van der Waals surface area contributed by atoms with Crippen LogP contribution in [0.4, 0.5) is 0 Å². The van der Waals surface area contributed by atoms with E-state index in [0.717, 1.165) is 0 Å². The summed E-state index contributed by atoms with van der Waals surface area (Å²) in [7, 11) is 5.95. The molecule has 3 aliphatic rings. The standard InChI is InChI=1S/C7H7BI2N2O4/c8-6(9,7-10(11-7)12-7)5(14)16-3-1-4(13)15-2-3/h3,11-12H,1-2H2. The Morgan fingerprint density at radius 1 is 1.75 bits per heavy atom. The van der Waals surface area contributed by atoms with Crippen LogP contribution >= 0.6 is 43.0 Å². The number of cyclic esters (lactones) is 1. The number of hydrogen-bond donors (Lipinski definition) is 2. The summed E-state index contributed by atoms with van der Waals surface area (Å²) in [6, 6.07) is 0. The minimum absolute atomic E-state index is 0.120. The van der Waals surface area contributed by atoms with Crippen molar-refractivity contribution in [1.82, 2.24) is 7.06 Å². The van der Waals surface area contributed by atoms with Crippen LogP contribution in [0.2, 0.25) is 0 Å². The summed E-state index contributed by atoms with van der Waals surface area (Å²) in [5, 5.41) is 0. The first-order chi connectivity index (χ1) is 7.46. The Balaban J connectivity index is 1.62. The summed E-state index contributed by atoms with van der Waals surface area (Å²) in [5.41, 5.74) is 0. The van der Waals surface area contributed by atoms with Gasteiger partial charge in [0, 0.05) is 0 Å². The Morgan fingerprint density at radius 2 is 2.38 bits per heavy atom. The third kappa shape index (κ3) is 1.58. The first kappa shape index (κ1) is 11.5. The number of alkyl halides is 2. The van der Waals surface area contributed by atoms with Crippen molar-refractivity contribution in [2.45, 2.75) is 19.5 Å². The second kappa shape index (κ2) is 3.45. The number of esters is 2. The van der Waals surface area contributed by atoms with E-state index in [9.17, 15) is 9.59 Å². The van der Waals surface area contributed by atoms with Crippen molar-refractivity contribution in [2.24, 2.45) is 0 Å². The number of carbonyl (C=O) groups excluding carboxylic acids is 2. The zero-order valence-corrected chi connectivity index (χ0v) is 12.3. The summed E-state index contributed by atoms with van der Waals surface area (Å²) in [4.78, 5) is 22.7. The van der Waals surface area contributed by atoms with Gasteiger partial charge in [0.15, 0.2) is 0 Å². The van der Waals surface area contributed by atoms with E-state index in [1.54, 1.807) is 0 Å². The van der Waals surface area contributed by atoms with Gasteiger partial charge in [-0.1, -0.05) is 0 Å². The SMILES string of the molecule is [B]C(I)(C(=O)OC1COC(=O)C1)C12NI1N2. The second-order valence-electron chi connectivity index (χ2n) is 3.76. The van der Waals surface area contributed by atoms with E-state index in [1.165, 1.54) is 0 Å². The number of rotatable bonds is 3. The molecule has 2 radical (unpaired) electrons. The van der Waals surface area contributed by atoms with Crippen LogP contribution in [0.25, 0.3) is 0 Å². The van der Waals surface area contributed by atoms with Crippen molar-refractivity contribution in [1.29, 1.82) is 0 Å². The van der Waals surface area contributed by atoms with Crippen LogP contribution < -0.4 is 7.06 Å². The molecule has 3 heterocycles. The van der Waals surface area contributed by atoms with Gasteiger partial charge in [-0.05, 0) is 0 Å². The number of carbonyl (C=O) groups is 2. The molecule has 0 spiro atoms. The molecular formula is C7H7BI2N2O4. The molecule has 86 valence electrons. The third-order valence-electron chi connectivity index (χ3n) is 2.56. The molecule has 0 amide bonds. The first-order valence-electron chi connectivity index (χ1n) is 4.56. The average Bonchev–Trinajstić information content (AvgIpc) is 2.99. The van der Waals surface area contributed by atoms with Crippen molar-refractivity contribution in [3.05, 3.63) is 0 Å². The molecule has 3 saturated heterocycles. The van der Waals surface area contributed by atoms with E-state index in [-0.39, 0.29) is 22.7 Å². The molecule has 0 bridgehead atoms. The summed E-state index contributed by atoms with van der Waals surface area (Å²) in [5.74, 6) is -0.830. The quantitative estimate of drug-likeness (QED) is 0.113. The van der Waals surface area contributed by atoms with Crippen LogP contribution in [0, 0.1) is 0 Å². The number of ether oxygens (including phenoxy) is 2. The van der Waals surface area contributed by atoms with Crippen LogP contribution in [0.1, 0.15) is 6.42 Å². The number of hydrogen-bond acceptors (Lipinski definition) is 6. The van der Waals surface area contributed by atoms with Crippen LogP contribution in [-0.2, 0) is 19.1 Å². The molecule has 0 aromatic carbocycles. The fourth-order valence-corrected chi connectivity index (χ4v) is 8.75. The van der Waals surface area contributed by atoms with Crippen molar-refractivity contribution < 1.29 is 19.1 Å². The molecule has 2 N–H and O–H groups in total. The van der Waals surface area contributed by atoms with Crippen LogP contribution in [0.15, 0.2) is 0 Å². The molecule has 0 aliphatic carbocycles. The Labute approximate surface area is 114 Å². The Hall–Kier alpha value is 0.385. The van der Waals surface area contributed by atoms with Crippen molar-refractivity contribution in [3.63, 3.8) is 0 Å². The van der Waals surface area contributed by atoms with E-state index >= 15 is 0 Å². The van der Waals surface area contributed by atoms with Gasteiger partial charge in [0.2, 0.25) is 0 Å². The molecule has 2 unspecified atom stereocenters. The minimum atomic E-state index is -1.29. The maximum absolute atomic E-state index is 11.9. The fraction of sp³-hybridized carbons (Fsp3) is 0.714. The van der Waals surface area contributed by atoms with Gasteiger partial charge >= 0.3 is 115 Å². The van der Waals surface area contributed by atoms with Crippen molar-refractivity contribution in [3.8, 4) is 0 Å². The van der Waals surface area contributed by atoms with Gasteiger partial charge in [0.1, 0.15) is 0 Å². The van der Waals surface area contributed by atoms with Crippen molar-refractivity contribution in [2.75, 3.05) is 6.61 Å².